The number of hydrogen-bond donors (Lipinski definition) is 2. The van der Waals surface area contributed by atoms with Crippen LogP contribution in [0.1, 0.15) is 49.9 Å². The highest BCUT2D eigenvalue weighted by molar-refractivity contribution is 6.03. The Morgan fingerprint density at radius 3 is 2.38 bits per heavy atom. The van der Waals surface area contributed by atoms with Gasteiger partial charge in [0.05, 0.1) is 12.6 Å². The standard InChI is InChI=1S/C26H30N2O4/c1-4-28-22-14-9-18(17-7-12-20(32-3)13-8-17)15-21(22)24(29)23(26(28)31)25(30)27-19-10-5-16(2)6-11-19/h7-9,12-16,19,29H,4-6,10-11H2,1-3H3,(H,27,30). The third kappa shape index (κ3) is 4.09. The number of carbonyl (C=O) groups excluding carboxylic acids is 1. The molecule has 0 spiro atoms. The molecular formula is C26H30N2O4. The SMILES string of the molecule is CCn1c(=O)c(C(=O)NC2CCC(C)CC2)c(O)c2cc(-c3ccc(OC)cc3)ccc21. The summed E-state index contributed by atoms with van der Waals surface area (Å²) < 4.78 is 6.77. The quantitative estimate of drug-likeness (QED) is 0.609. The highest BCUT2D eigenvalue weighted by Gasteiger charge is 2.26. The summed E-state index contributed by atoms with van der Waals surface area (Å²) in [5.74, 6) is 0.664. The number of aromatic hydroxyl groups is 1. The maximum absolute atomic E-state index is 13.1. The van der Waals surface area contributed by atoms with Crippen LogP contribution in [0.3, 0.4) is 0 Å². The molecule has 6 heteroatoms. The normalized spacial score (nSPS) is 18.5. The molecule has 1 aliphatic rings. The number of nitrogens with zero attached hydrogens (tertiary/aromatic N) is 1. The van der Waals surface area contributed by atoms with Gasteiger partial charge in [-0.3, -0.25) is 9.59 Å². The fourth-order valence-electron chi connectivity index (χ4n) is 4.59. The van der Waals surface area contributed by atoms with Gasteiger partial charge in [-0.15, -0.1) is 0 Å². The molecule has 6 nitrogen and oxygen atoms in total. The van der Waals surface area contributed by atoms with Crippen LogP contribution in [0.2, 0.25) is 0 Å². The number of aromatic nitrogens is 1. The summed E-state index contributed by atoms with van der Waals surface area (Å²) >= 11 is 0. The third-order valence-corrected chi connectivity index (χ3v) is 6.56. The Labute approximate surface area is 187 Å². The molecule has 1 amide bonds. The number of aryl methyl sites for hydroxylation is 1. The van der Waals surface area contributed by atoms with E-state index in [2.05, 4.69) is 12.2 Å². The Morgan fingerprint density at radius 1 is 1.09 bits per heavy atom. The minimum Gasteiger partial charge on any atom is -0.506 e. The number of fused-ring (bicyclic) bond motifs is 1. The molecule has 0 atom stereocenters. The molecule has 1 heterocycles. The van der Waals surface area contributed by atoms with Gasteiger partial charge in [0.1, 0.15) is 17.1 Å². The van der Waals surface area contributed by atoms with Gasteiger partial charge < -0.3 is 19.7 Å². The molecule has 168 valence electrons. The number of benzene rings is 2. The molecule has 0 radical (unpaired) electrons. The molecule has 1 aliphatic carbocycles. The number of nitrogens with one attached hydrogen (secondary N) is 1. The Kier molecular flexibility index (Phi) is 6.21. The summed E-state index contributed by atoms with van der Waals surface area (Å²) in [5.41, 5.74) is 1.80. The molecule has 1 saturated carbocycles. The lowest BCUT2D eigenvalue weighted by atomic mass is 9.87. The molecule has 2 aromatic carbocycles. The van der Waals surface area contributed by atoms with Gasteiger partial charge in [0.2, 0.25) is 0 Å². The highest BCUT2D eigenvalue weighted by Crippen LogP contribution is 2.32. The molecular weight excluding hydrogens is 404 g/mol. The zero-order valence-electron chi connectivity index (χ0n) is 18.9. The summed E-state index contributed by atoms with van der Waals surface area (Å²) in [6, 6.07) is 13.2. The zero-order valence-corrected chi connectivity index (χ0v) is 18.9. The van der Waals surface area contributed by atoms with Gasteiger partial charge in [-0.25, -0.2) is 0 Å². The number of pyridine rings is 1. The van der Waals surface area contributed by atoms with Crippen LogP contribution in [0.5, 0.6) is 11.5 Å². The second-order valence-corrected chi connectivity index (χ2v) is 8.66. The molecule has 0 aliphatic heterocycles. The van der Waals surface area contributed by atoms with Gasteiger partial charge in [-0.1, -0.05) is 25.1 Å². The van der Waals surface area contributed by atoms with E-state index in [0.717, 1.165) is 42.6 Å². The molecule has 1 fully saturated rings. The van der Waals surface area contributed by atoms with Crippen molar-refractivity contribution in [1.29, 1.82) is 0 Å². The Balaban J connectivity index is 1.77. The largest absolute Gasteiger partial charge is 0.506 e. The van der Waals surface area contributed by atoms with Crippen LogP contribution in [0, 0.1) is 5.92 Å². The van der Waals surface area contributed by atoms with Crippen molar-refractivity contribution in [3.05, 3.63) is 58.4 Å². The Hall–Kier alpha value is -3.28. The van der Waals surface area contributed by atoms with Crippen LogP contribution in [-0.2, 0) is 6.54 Å². The molecule has 1 aromatic heterocycles. The molecule has 3 aromatic rings. The molecule has 0 bridgehead atoms. The summed E-state index contributed by atoms with van der Waals surface area (Å²) in [7, 11) is 1.62. The first-order valence-corrected chi connectivity index (χ1v) is 11.3. The van der Waals surface area contributed by atoms with E-state index in [4.69, 9.17) is 4.74 Å². The van der Waals surface area contributed by atoms with Gasteiger partial charge in [-0.05, 0) is 73.9 Å². The predicted molar refractivity (Wildman–Crippen MR) is 126 cm³/mol. The van der Waals surface area contributed by atoms with E-state index in [0.29, 0.717) is 23.4 Å². The van der Waals surface area contributed by atoms with Crippen LogP contribution >= 0.6 is 0 Å². The molecule has 0 unspecified atom stereocenters. The van der Waals surface area contributed by atoms with Gasteiger partial charge in [-0.2, -0.15) is 0 Å². The molecule has 32 heavy (non-hydrogen) atoms. The van der Waals surface area contributed by atoms with Crippen molar-refractivity contribution in [2.24, 2.45) is 5.92 Å². The van der Waals surface area contributed by atoms with Gasteiger partial charge in [0.25, 0.3) is 11.5 Å². The van der Waals surface area contributed by atoms with E-state index >= 15 is 0 Å². The number of methoxy groups -OCH3 is 1. The first-order valence-electron chi connectivity index (χ1n) is 11.3. The summed E-state index contributed by atoms with van der Waals surface area (Å²) in [4.78, 5) is 26.2. The Bertz CT molecular complexity index is 1190. The lowest BCUT2D eigenvalue weighted by Crippen LogP contribution is -2.40. The van der Waals surface area contributed by atoms with Crippen LogP contribution in [0.4, 0.5) is 0 Å². The molecule has 2 N–H and O–H groups in total. The van der Waals surface area contributed by atoms with Crippen LogP contribution in [0.15, 0.2) is 47.3 Å². The van der Waals surface area contributed by atoms with Crippen molar-refractivity contribution in [3.63, 3.8) is 0 Å². The zero-order chi connectivity index (χ0) is 22.8. The summed E-state index contributed by atoms with van der Waals surface area (Å²) in [5, 5.41) is 14.5. The number of ether oxygens (including phenoxy) is 1. The van der Waals surface area contributed by atoms with E-state index in [1.54, 1.807) is 11.7 Å². The van der Waals surface area contributed by atoms with Crippen molar-refractivity contribution < 1.29 is 14.6 Å². The van der Waals surface area contributed by atoms with Crippen LogP contribution in [-0.4, -0.2) is 28.7 Å². The van der Waals surface area contributed by atoms with E-state index in [1.807, 2.05) is 49.4 Å². The predicted octanol–water partition coefficient (Wildman–Crippen LogP) is 4.71. The fourth-order valence-corrected chi connectivity index (χ4v) is 4.59. The topological polar surface area (TPSA) is 80.6 Å². The third-order valence-electron chi connectivity index (χ3n) is 6.56. The number of carbonyl (C=O) groups is 1. The number of amides is 1. The van der Waals surface area contributed by atoms with E-state index in [9.17, 15) is 14.7 Å². The van der Waals surface area contributed by atoms with Crippen molar-refractivity contribution >= 4 is 16.8 Å². The van der Waals surface area contributed by atoms with E-state index in [1.165, 1.54) is 0 Å². The maximum Gasteiger partial charge on any atom is 0.267 e. The lowest BCUT2D eigenvalue weighted by Gasteiger charge is -2.27. The van der Waals surface area contributed by atoms with Gasteiger partial charge in [0.15, 0.2) is 0 Å². The van der Waals surface area contributed by atoms with E-state index in [-0.39, 0.29) is 17.4 Å². The minimum atomic E-state index is -0.494. The number of rotatable bonds is 5. The average molecular weight is 435 g/mol. The highest BCUT2D eigenvalue weighted by atomic mass is 16.5. The fraction of sp³-hybridized carbons (Fsp3) is 0.385. The van der Waals surface area contributed by atoms with Crippen molar-refractivity contribution in [3.8, 4) is 22.6 Å². The second-order valence-electron chi connectivity index (χ2n) is 8.66. The second kappa shape index (κ2) is 9.07. The smallest absolute Gasteiger partial charge is 0.267 e. The van der Waals surface area contributed by atoms with E-state index < -0.39 is 11.5 Å². The summed E-state index contributed by atoms with van der Waals surface area (Å²) in [6.07, 6.45) is 3.90. The van der Waals surface area contributed by atoms with Crippen LogP contribution < -0.4 is 15.6 Å². The molecule has 4 rings (SSSR count). The van der Waals surface area contributed by atoms with Crippen molar-refractivity contribution in [2.45, 2.75) is 52.1 Å². The Morgan fingerprint density at radius 2 is 1.75 bits per heavy atom. The minimum absolute atomic E-state index is 0.0360. The first kappa shape index (κ1) is 21.9. The summed E-state index contributed by atoms with van der Waals surface area (Å²) in [6.45, 7) is 4.48. The first-order chi connectivity index (χ1) is 15.4. The number of hydrogen-bond acceptors (Lipinski definition) is 4. The van der Waals surface area contributed by atoms with Crippen molar-refractivity contribution in [2.75, 3.05) is 7.11 Å². The van der Waals surface area contributed by atoms with Crippen LogP contribution in [0.25, 0.3) is 22.0 Å². The average Bonchev–Trinajstić information content (AvgIpc) is 2.81. The van der Waals surface area contributed by atoms with Crippen molar-refractivity contribution in [1.82, 2.24) is 9.88 Å². The maximum atomic E-state index is 13.1. The molecule has 0 saturated heterocycles. The monoisotopic (exact) mass is 434 g/mol. The van der Waals surface area contributed by atoms with Gasteiger partial charge >= 0.3 is 0 Å². The lowest BCUT2D eigenvalue weighted by molar-refractivity contribution is 0.0918. The van der Waals surface area contributed by atoms with Gasteiger partial charge in [0, 0.05) is 18.0 Å².